The second-order valence-electron chi connectivity index (χ2n) is 6.18. The monoisotopic (exact) mass is 391 g/mol. The highest BCUT2D eigenvalue weighted by Gasteiger charge is 2.34. The van der Waals surface area contributed by atoms with Crippen molar-refractivity contribution < 1.29 is 14.3 Å². The molecule has 2 amide bonds. The minimum absolute atomic E-state index is 0.0826. The Morgan fingerprint density at radius 2 is 2.12 bits per heavy atom. The molecule has 0 radical (unpaired) electrons. The van der Waals surface area contributed by atoms with E-state index in [9.17, 15) is 9.59 Å². The molecule has 1 aromatic carbocycles. The molecule has 0 saturated carbocycles. The average Bonchev–Trinajstić information content (AvgIpc) is 3.00. The molecule has 3 heterocycles. The molecule has 1 aromatic heterocycles. The number of benzene rings is 1. The summed E-state index contributed by atoms with van der Waals surface area (Å²) in [6.07, 6.45) is 0.0512. The van der Waals surface area contributed by atoms with Gasteiger partial charge < -0.3 is 20.3 Å². The summed E-state index contributed by atoms with van der Waals surface area (Å²) in [4.78, 5) is 27.4. The van der Waals surface area contributed by atoms with Crippen molar-refractivity contribution in [1.82, 2.24) is 10.2 Å². The normalized spacial score (nSPS) is 18.5. The first-order valence-corrected chi connectivity index (χ1v) is 9.65. The maximum atomic E-state index is 12.7. The Morgan fingerprint density at radius 3 is 2.85 bits per heavy atom. The molecule has 2 aliphatic rings. The fraction of sp³-hybridized carbons (Fsp3) is 0.333. The van der Waals surface area contributed by atoms with E-state index >= 15 is 0 Å². The van der Waals surface area contributed by atoms with Crippen LogP contribution in [0.3, 0.4) is 0 Å². The Morgan fingerprint density at radius 1 is 1.35 bits per heavy atom. The van der Waals surface area contributed by atoms with Gasteiger partial charge in [-0.25, -0.2) is 4.79 Å². The van der Waals surface area contributed by atoms with E-state index in [0.717, 1.165) is 21.0 Å². The molecular formula is C18H18ClN3O3S. The Bertz CT molecular complexity index is 865. The first-order chi connectivity index (χ1) is 12.6. The second-order valence-corrected chi connectivity index (χ2v) is 7.72. The van der Waals surface area contributed by atoms with Gasteiger partial charge in [-0.05, 0) is 36.6 Å². The van der Waals surface area contributed by atoms with Gasteiger partial charge in [0.05, 0.1) is 18.7 Å². The summed E-state index contributed by atoms with van der Waals surface area (Å²) < 4.78 is 5.09. The topological polar surface area (TPSA) is 70.7 Å². The van der Waals surface area contributed by atoms with Crippen molar-refractivity contribution in [1.29, 1.82) is 0 Å². The molecule has 8 heteroatoms. The number of hydrogen-bond acceptors (Lipinski definition) is 5. The predicted octanol–water partition coefficient (Wildman–Crippen LogP) is 3.77. The van der Waals surface area contributed by atoms with Crippen molar-refractivity contribution in [3.05, 3.63) is 50.9 Å². The van der Waals surface area contributed by atoms with E-state index < -0.39 is 0 Å². The quantitative estimate of drug-likeness (QED) is 0.817. The van der Waals surface area contributed by atoms with Crippen LogP contribution in [-0.4, -0.2) is 30.1 Å². The van der Waals surface area contributed by atoms with Crippen molar-refractivity contribution in [2.45, 2.75) is 26.1 Å². The van der Waals surface area contributed by atoms with Gasteiger partial charge >= 0.3 is 6.09 Å². The van der Waals surface area contributed by atoms with Crippen LogP contribution in [0.1, 0.15) is 39.5 Å². The van der Waals surface area contributed by atoms with E-state index in [-0.39, 0.29) is 18.2 Å². The van der Waals surface area contributed by atoms with Gasteiger partial charge in [-0.1, -0.05) is 23.7 Å². The molecule has 2 aliphatic heterocycles. The summed E-state index contributed by atoms with van der Waals surface area (Å²) in [7, 11) is 0. The van der Waals surface area contributed by atoms with E-state index in [1.807, 2.05) is 12.1 Å². The van der Waals surface area contributed by atoms with E-state index in [1.165, 1.54) is 11.3 Å². The first-order valence-electron chi connectivity index (χ1n) is 8.46. The molecule has 0 aliphatic carbocycles. The van der Waals surface area contributed by atoms with Crippen LogP contribution in [0.25, 0.3) is 0 Å². The number of thiophene rings is 1. The maximum absolute atomic E-state index is 12.7. The van der Waals surface area contributed by atoms with Crippen molar-refractivity contribution in [2.24, 2.45) is 0 Å². The van der Waals surface area contributed by atoms with Crippen molar-refractivity contribution in [3.8, 4) is 0 Å². The fourth-order valence-electron chi connectivity index (χ4n) is 3.31. The third kappa shape index (κ3) is 3.01. The van der Waals surface area contributed by atoms with Crippen molar-refractivity contribution in [2.75, 3.05) is 18.5 Å². The molecule has 4 rings (SSSR count). The highest BCUT2D eigenvalue weighted by molar-refractivity contribution is 7.16. The van der Waals surface area contributed by atoms with E-state index in [1.54, 1.807) is 24.0 Å². The van der Waals surface area contributed by atoms with Crippen molar-refractivity contribution >= 4 is 39.9 Å². The Kier molecular flexibility index (Phi) is 4.50. The smallest absolute Gasteiger partial charge is 0.410 e. The number of halogens is 1. The lowest BCUT2D eigenvalue weighted by atomic mass is 10.0. The highest BCUT2D eigenvalue weighted by Crippen LogP contribution is 2.40. The molecule has 0 spiro atoms. The van der Waals surface area contributed by atoms with Gasteiger partial charge in [0, 0.05) is 16.4 Å². The van der Waals surface area contributed by atoms with Gasteiger partial charge in [-0.15, -0.1) is 11.3 Å². The van der Waals surface area contributed by atoms with E-state index in [0.29, 0.717) is 36.7 Å². The van der Waals surface area contributed by atoms with Crippen LogP contribution < -0.4 is 10.6 Å². The SMILES string of the molecule is CCOC(=O)N1CCc2c(sc3c2C(=O)NC(c2ccc(Cl)cc2)N3)C1. The summed E-state index contributed by atoms with van der Waals surface area (Å²) in [6.45, 7) is 3.19. The number of nitrogens with one attached hydrogen (secondary N) is 2. The molecule has 0 bridgehead atoms. The molecule has 2 aromatic rings. The lowest BCUT2D eigenvalue weighted by Gasteiger charge is -2.28. The zero-order valence-electron chi connectivity index (χ0n) is 14.2. The summed E-state index contributed by atoms with van der Waals surface area (Å²) in [5.41, 5.74) is 2.68. The van der Waals surface area contributed by atoms with Crippen LogP contribution in [0, 0.1) is 0 Å². The molecule has 0 saturated heterocycles. The molecule has 1 unspecified atom stereocenters. The van der Waals surface area contributed by atoms with E-state index in [4.69, 9.17) is 16.3 Å². The maximum Gasteiger partial charge on any atom is 0.410 e. The van der Waals surface area contributed by atoms with Crippen LogP contribution in [-0.2, 0) is 17.7 Å². The van der Waals surface area contributed by atoms with Gasteiger partial charge in [0.15, 0.2) is 0 Å². The third-order valence-corrected chi connectivity index (χ3v) is 5.96. The molecule has 2 N–H and O–H groups in total. The second kappa shape index (κ2) is 6.81. The summed E-state index contributed by atoms with van der Waals surface area (Å²) >= 11 is 7.48. The van der Waals surface area contributed by atoms with Crippen LogP contribution in [0.15, 0.2) is 24.3 Å². The third-order valence-electron chi connectivity index (χ3n) is 4.56. The number of amides is 2. The van der Waals surface area contributed by atoms with Gasteiger partial charge in [0.25, 0.3) is 5.91 Å². The Labute approximate surface area is 160 Å². The minimum atomic E-state index is -0.305. The Balaban J connectivity index is 1.59. The van der Waals surface area contributed by atoms with Crippen molar-refractivity contribution in [3.63, 3.8) is 0 Å². The molecule has 1 atom stereocenters. The minimum Gasteiger partial charge on any atom is -0.450 e. The molecule has 6 nitrogen and oxygen atoms in total. The van der Waals surface area contributed by atoms with Crippen LogP contribution in [0.2, 0.25) is 5.02 Å². The number of ether oxygens (including phenoxy) is 1. The predicted molar refractivity (Wildman–Crippen MR) is 101 cm³/mol. The Hall–Kier alpha value is -2.25. The molecule has 26 heavy (non-hydrogen) atoms. The average molecular weight is 392 g/mol. The molecule has 0 fully saturated rings. The standard InChI is InChI=1S/C18H18ClN3O3S/c1-2-25-18(24)22-8-7-12-13(9-22)26-17-14(12)16(23)20-15(21-17)10-3-5-11(19)6-4-10/h3-6,15,21H,2,7-9H2,1H3,(H,20,23). The number of anilines is 1. The summed E-state index contributed by atoms with van der Waals surface area (Å²) in [6, 6.07) is 7.39. The lowest BCUT2D eigenvalue weighted by Crippen LogP contribution is -2.39. The first kappa shape index (κ1) is 17.2. The van der Waals surface area contributed by atoms with Crippen LogP contribution in [0.5, 0.6) is 0 Å². The van der Waals surface area contributed by atoms with Gasteiger partial charge in [0.2, 0.25) is 0 Å². The number of carbonyl (C=O) groups excluding carboxylic acids is 2. The van der Waals surface area contributed by atoms with Crippen LogP contribution in [0.4, 0.5) is 9.80 Å². The molecular weight excluding hydrogens is 374 g/mol. The van der Waals surface area contributed by atoms with Crippen LogP contribution >= 0.6 is 22.9 Å². The number of nitrogens with zero attached hydrogens (tertiary/aromatic N) is 1. The fourth-order valence-corrected chi connectivity index (χ4v) is 4.72. The number of hydrogen-bond donors (Lipinski definition) is 2. The van der Waals surface area contributed by atoms with Gasteiger partial charge in [0.1, 0.15) is 11.2 Å². The zero-order chi connectivity index (χ0) is 18.3. The number of fused-ring (bicyclic) bond motifs is 3. The van der Waals surface area contributed by atoms with Gasteiger partial charge in [-0.3, -0.25) is 4.79 Å². The van der Waals surface area contributed by atoms with Gasteiger partial charge in [-0.2, -0.15) is 0 Å². The number of carbonyl (C=O) groups is 2. The summed E-state index contributed by atoms with van der Waals surface area (Å²) in [5.74, 6) is -0.0826. The highest BCUT2D eigenvalue weighted by atomic mass is 35.5. The molecule has 136 valence electrons. The number of rotatable bonds is 2. The lowest BCUT2D eigenvalue weighted by molar-refractivity contribution is 0.0934. The summed E-state index contributed by atoms with van der Waals surface area (Å²) in [5, 5.41) is 7.91. The zero-order valence-corrected chi connectivity index (χ0v) is 15.7. The largest absolute Gasteiger partial charge is 0.450 e. The van der Waals surface area contributed by atoms with E-state index in [2.05, 4.69) is 10.6 Å².